The van der Waals surface area contributed by atoms with E-state index in [0.717, 1.165) is 85.5 Å². The summed E-state index contributed by atoms with van der Waals surface area (Å²) < 4.78 is 7.99. The van der Waals surface area contributed by atoms with Crippen molar-refractivity contribution in [1.82, 2.24) is 30.0 Å². The molecule has 3 aromatic heterocycles. The second-order valence-corrected chi connectivity index (χ2v) is 8.41. The summed E-state index contributed by atoms with van der Waals surface area (Å²) in [7, 11) is 0. The summed E-state index contributed by atoms with van der Waals surface area (Å²) in [4.78, 5) is 16.6. The number of hydrogen-bond acceptors (Lipinski definition) is 8. The molecule has 9 heteroatoms. The van der Waals surface area contributed by atoms with Crippen LogP contribution in [0.2, 0.25) is 0 Å². The summed E-state index contributed by atoms with van der Waals surface area (Å²) >= 11 is 0. The highest BCUT2D eigenvalue weighted by atomic mass is 16.5. The van der Waals surface area contributed by atoms with Gasteiger partial charge in [0, 0.05) is 39.0 Å². The monoisotopic (exact) mass is 422 g/mol. The highest BCUT2D eigenvalue weighted by molar-refractivity contribution is 5.90. The molecule has 1 atom stereocenters. The summed E-state index contributed by atoms with van der Waals surface area (Å²) in [6.07, 6.45) is 5.43. The highest BCUT2D eigenvalue weighted by Gasteiger charge is 2.23. The van der Waals surface area contributed by atoms with Crippen molar-refractivity contribution in [2.75, 3.05) is 43.0 Å². The van der Waals surface area contributed by atoms with Crippen LogP contribution >= 0.6 is 0 Å². The Hall–Kier alpha value is -2.78. The third-order valence-electron chi connectivity index (χ3n) is 5.95. The lowest BCUT2D eigenvalue weighted by atomic mass is 10.1. The Morgan fingerprint density at radius 1 is 1.16 bits per heavy atom. The average molecular weight is 423 g/mol. The van der Waals surface area contributed by atoms with E-state index in [4.69, 9.17) is 19.8 Å². The van der Waals surface area contributed by atoms with Gasteiger partial charge in [0.05, 0.1) is 18.3 Å². The summed E-state index contributed by atoms with van der Waals surface area (Å²) in [5.41, 5.74) is 3.82. The van der Waals surface area contributed by atoms with Gasteiger partial charge in [-0.05, 0) is 44.7 Å². The number of aryl methyl sites for hydroxylation is 2. The molecule has 9 nitrogen and oxygen atoms in total. The molecule has 164 valence electrons. The molecule has 0 amide bonds. The molecule has 0 aromatic carbocycles. The molecule has 5 rings (SSSR count). The van der Waals surface area contributed by atoms with Crippen molar-refractivity contribution in [3.63, 3.8) is 0 Å². The fourth-order valence-corrected chi connectivity index (χ4v) is 4.25. The van der Waals surface area contributed by atoms with E-state index in [-0.39, 0.29) is 6.10 Å². The fourth-order valence-electron chi connectivity index (χ4n) is 4.25. The number of rotatable bonds is 5. The molecule has 2 saturated heterocycles. The molecule has 2 N–H and O–H groups in total. The van der Waals surface area contributed by atoms with Crippen molar-refractivity contribution in [3.8, 4) is 0 Å². The van der Waals surface area contributed by atoms with Crippen LogP contribution in [0.25, 0.3) is 11.0 Å². The van der Waals surface area contributed by atoms with Crippen molar-refractivity contribution in [3.05, 3.63) is 29.6 Å². The molecule has 0 aliphatic carbocycles. The quantitative estimate of drug-likeness (QED) is 0.648. The maximum atomic E-state index is 5.98. The second-order valence-electron chi connectivity index (χ2n) is 8.41. The Labute approximate surface area is 182 Å². The molecule has 2 aliphatic heterocycles. The van der Waals surface area contributed by atoms with Crippen LogP contribution < -0.4 is 15.5 Å². The first kappa shape index (κ1) is 20.1. The average Bonchev–Trinajstić information content (AvgIpc) is 3.12. The lowest BCUT2D eigenvalue weighted by Gasteiger charge is -2.28. The molecule has 0 saturated carbocycles. The topological polar surface area (TPSA) is 93.0 Å². The van der Waals surface area contributed by atoms with Crippen LogP contribution in [-0.4, -0.2) is 63.6 Å². The van der Waals surface area contributed by atoms with Crippen molar-refractivity contribution < 1.29 is 4.74 Å². The van der Waals surface area contributed by atoms with Crippen LogP contribution in [0.3, 0.4) is 0 Å². The van der Waals surface area contributed by atoms with E-state index in [1.54, 1.807) is 0 Å². The number of piperazine rings is 1. The largest absolute Gasteiger partial charge is 0.376 e. The van der Waals surface area contributed by atoms with Gasteiger partial charge in [0.1, 0.15) is 16.9 Å². The Balaban J connectivity index is 1.57. The Morgan fingerprint density at radius 3 is 2.77 bits per heavy atom. The summed E-state index contributed by atoms with van der Waals surface area (Å²) in [6.45, 7) is 9.21. The zero-order chi connectivity index (χ0) is 21.2. The number of fused-ring (bicyclic) bond motifs is 1. The SMILES string of the molecule is Cc1ccc(Nc2nc(N3CCNCC3)nc3c(C)nn(CC4CCCCO4)c23)nc1. The van der Waals surface area contributed by atoms with Gasteiger partial charge in [0.15, 0.2) is 5.82 Å². The third-order valence-corrected chi connectivity index (χ3v) is 5.95. The van der Waals surface area contributed by atoms with Crippen molar-refractivity contribution in [2.45, 2.75) is 45.8 Å². The minimum Gasteiger partial charge on any atom is -0.376 e. The predicted molar refractivity (Wildman–Crippen MR) is 121 cm³/mol. The summed E-state index contributed by atoms with van der Waals surface area (Å²) in [5.74, 6) is 2.24. The number of ether oxygens (including phenoxy) is 1. The van der Waals surface area contributed by atoms with Crippen LogP contribution in [-0.2, 0) is 11.3 Å². The van der Waals surface area contributed by atoms with E-state index in [0.29, 0.717) is 6.54 Å². The number of anilines is 3. The van der Waals surface area contributed by atoms with Gasteiger partial charge < -0.3 is 20.3 Å². The van der Waals surface area contributed by atoms with Gasteiger partial charge >= 0.3 is 0 Å². The van der Waals surface area contributed by atoms with Gasteiger partial charge in [0.2, 0.25) is 5.95 Å². The number of aromatic nitrogens is 5. The third kappa shape index (κ3) is 4.33. The van der Waals surface area contributed by atoms with Gasteiger partial charge in [-0.25, -0.2) is 9.97 Å². The van der Waals surface area contributed by atoms with E-state index < -0.39 is 0 Å². The van der Waals surface area contributed by atoms with E-state index in [9.17, 15) is 0 Å². The number of pyridine rings is 1. The lowest BCUT2D eigenvalue weighted by Crippen LogP contribution is -2.44. The first-order valence-corrected chi connectivity index (χ1v) is 11.2. The molecular formula is C22H30N8O. The van der Waals surface area contributed by atoms with E-state index in [2.05, 4.69) is 20.5 Å². The highest BCUT2D eigenvalue weighted by Crippen LogP contribution is 2.29. The van der Waals surface area contributed by atoms with E-state index in [1.165, 1.54) is 6.42 Å². The van der Waals surface area contributed by atoms with Crippen LogP contribution in [0.5, 0.6) is 0 Å². The molecule has 5 heterocycles. The molecule has 0 spiro atoms. The number of nitrogens with one attached hydrogen (secondary N) is 2. The summed E-state index contributed by atoms with van der Waals surface area (Å²) in [6, 6.07) is 4.02. The van der Waals surface area contributed by atoms with Crippen molar-refractivity contribution in [2.24, 2.45) is 0 Å². The normalized spacial score (nSPS) is 19.7. The Morgan fingerprint density at radius 2 is 2.03 bits per heavy atom. The Bertz CT molecular complexity index is 1040. The van der Waals surface area contributed by atoms with Crippen LogP contribution in [0, 0.1) is 13.8 Å². The number of hydrogen-bond donors (Lipinski definition) is 2. The van der Waals surface area contributed by atoms with Gasteiger partial charge in [-0.3, -0.25) is 4.68 Å². The molecule has 3 aromatic rings. The van der Waals surface area contributed by atoms with Crippen LogP contribution in [0.1, 0.15) is 30.5 Å². The molecule has 2 aliphatic rings. The fraction of sp³-hybridized carbons (Fsp3) is 0.545. The maximum Gasteiger partial charge on any atom is 0.228 e. The minimum absolute atomic E-state index is 0.175. The smallest absolute Gasteiger partial charge is 0.228 e. The predicted octanol–water partition coefficient (Wildman–Crippen LogP) is 2.56. The number of nitrogens with zero attached hydrogens (tertiary/aromatic N) is 6. The zero-order valence-electron chi connectivity index (χ0n) is 18.3. The molecule has 31 heavy (non-hydrogen) atoms. The minimum atomic E-state index is 0.175. The first-order chi connectivity index (χ1) is 15.2. The standard InChI is InChI=1S/C22H30N8O/c1-15-6-7-18(24-13-15)25-21-20-19(26-22(27-21)29-10-8-23-9-11-29)16(2)28-30(20)14-17-5-3-4-12-31-17/h6-7,13,17,23H,3-5,8-12,14H2,1-2H3,(H,24,25,26,27). The van der Waals surface area contributed by atoms with E-state index in [1.807, 2.05) is 36.9 Å². The van der Waals surface area contributed by atoms with E-state index >= 15 is 0 Å². The zero-order valence-corrected chi connectivity index (χ0v) is 18.3. The van der Waals surface area contributed by atoms with Gasteiger partial charge in [-0.2, -0.15) is 10.1 Å². The summed E-state index contributed by atoms with van der Waals surface area (Å²) in [5, 5.41) is 11.7. The van der Waals surface area contributed by atoms with Gasteiger partial charge in [-0.1, -0.05) is 6.07 Å². The maximum absolute atomic E-state index is 5.98. The molecule has 2 fully saturated rings. The second kappa shape index (κ2) is 8.76. The van der Waals surface area contributed by atoms with Crippen LogP contribution in [0.4, 0.5) is 17.6 Å². The lowest BCUT2D eigenvalue weighted by molar-refractivity contribution is 0.00471. The van der Waals surface area contributed by atoms with Gasteiger partial charge in [0.25, 0.3) is 0 Å². The Kier molecular flexibility index (Phi) is 5.69. The molecule has 1 unspecified atom stereocenters. The molecular weight excluding hydrogens is 392 g/mol. The van der Waals surface area contributed by atoms with Crippen molar-refractivity contribution in [1.29, 1.82) is 0 Å². The van der Waals surface area contributed by atoms with Gasteiger partial charge in [-0.15, -0.1) is 0 Å². The van der Waals surface area contributed by atoms with Crippen LogP contribution in [0.15, 0.2) is 18.3 Å². The first-order valence-electron chi connectivity index (χ1n) is 11.2. The molecule has 0 radical (unpaired) electrons. The molecule has 0 bridgehead atoms. The van der Waals surface area contributed by atoms with Crippen molar-refractivity contribution >= 4 is 28.6 Å².